The monoisotopic (exact) mass is 449 g/mol. The molecule has 10 heteroatoms. The first-order chi connectivity index (χ1) is 14.9. The second-order valence-corrected chi connectivity index (χ2v) is 7.59. The Morgan fingerprint density at radius 3 is 2.84 bits per heavy atom. The molecule has 2 heterocycles. The molecule has 2 unspecified atom stereocenters. The Bertz CT molecular complexity index is 855. The predicted molar refractivity (Wildman–Crippen MR) is 114 cm³/mol. The molecular weight excluding hydrogens is 425 g/mol. The maximum absolute atomic E-state index is 13.0. The van der Waals surface area contributed by atoms with Gasteiger partial charge in [0.2, 0.25) is 11.8 Å². The second kappa shape index (κ2) is 11.0. The average molecular weight is 450 g/mol. The zero-order valence-electron chi connectivity index (χ0n) is 16.8. The third-order valence-electron chi connectivity index (χ3n) is 4.93. The van der Waals surface area contributed by atoms with Crippen molar-refractivity contribution in [1.29, 1.82) is 0 Å². The largest absolute Gasteiger partial charge is 0.463 e. The molecule has 3 rings (SSSR count). The minimum atomic E-state index is -0.875. The molecule has 2 N–H and O–H groups in total. The van der Waals surface area contributed by atoms with Crippen LogP contribution in [0, 0.1) is 5.82 Å². The zero-order chi connectivity index (χ0) is 22.2. The molecule has 31 heavy (non-hydrogen) atoms. The molecule has 2 aliphatic heterocycles. The van der Waals surface area contributed by atoms with E-state index in [2.05, 4.69) is 10.6 Å². The van der Waals surface area contributed by atoms with Crippen molar-refractivity contribution in [2.75, 3.05) is 26.3 Å². The maximum Gasteiger partial charge on any atom is 0.308 e. The summed E-state index contributed by atoms with van der Waals surface area (Å²) in [5.41, 5.74) is 0.645. The van der Waals surface area contributed by atoms with E-state index in [0.29, 0.717) is 25.3 Å². The second-order valence-electron chi connectivity index (χ2n) is 7.20. The van der Waals surface area contributed by atoms with Crippen molar-refractivity contribution in [2.24, 2.45) is 0 Å². The van der Waals surface area contributed by atoms with Crippen molar-refractivity contribution in [1.82, 2.24) is 15.5 Å². The van der Waals surface area contributed by atoms with Crippen molar-refractivity contribution in [3.05, 3.63) is 41.7 Å². The highest BCUT2D eigenvalue weighted by Crippen LogP contribution is 2.14. The number of nitrogens with zero attached hydrogens (tertiary/aromatic N) is 1. The fourth-order valence-electron chi connectivity index (χ4n) is 3.30. The van der Waals surface area contributed by atoms with Crippen molar-refractivity contribution in [2.45, 2.75) is 31.4 Å². The van der Waals surface area contributed by atoms with Crippen LogP contribution in [0.3, 0.4) is 0 Å². The molecule has 2 aliphatic rings. The van der Waals surface area contributed by atoms with Gasteiger partial charge in [0, 0.05) is 25.8 Å². The van der Waals surface area contributed by atoms with Crippen LogP contribution in [0.25, 0.3) is 6.08 Å². The third-order valence-corrected chi connectivity index (χ3v) is 5.27. The van der Waals surface area contributed by atoms with Crippen molar-refractivity contribution in [3.8, 4) is 0 Å². The smallest absolute Gasteiger partial charge is 0.308 e. The summed E-state index contributed by atoms with van der Waals surface area (Å²) in [6.07, 6.45) is 4.25. The molecular formula is C21H24FN3O5S. The van der Waals surface area contributed by atoms with Crippen LogP contribution in [0.15, 0.2) is 30.3 Å². The lowest BCUT2D eigenvalue weighted by atomic mass is 10.1. The van der Waals surface area contributed by atoms with Crippen LogP contribution in [-0.4, -0.2) is 66.2 Å². The lowest BCUT2D eigenvalue weighted by molar-refractivity contribution is -0.150. The summed E-state index contributed by atoms with van der Waals surface area (Å²) in [7, 11) is 0. The van der Waals surface area contributed by atoms with Crippen molar-refractivity contribution in [3.63, 3.8) is 0 Å². The molecule has 0 aromatic heterocycles. The quantitative estimate of drug-likeness (QED) is 0.382. The number of carbonyl (C=O) groups excluding carboxylic acids is 3. The standard InChI is InChI=1S/C21H24FN3O5S/c22-15-6-3-14(4-7-15)5-8-18(26)24-21(31)25-10-9-23-20(28)17(25)12-19(27)30-13-16-2-1-11-29-16/h3-8,16-17H,1-2,9-13H2,(H,23,28)(H,24,26,31). The van der Waals surface area contributed by atoms with Gasteiger partial charge in [0.1, 0.15) is 18.5 Å². The van der Waals surface area contributed by atoms with Gasteiger partial charge in [-0.2, -0.15) is 0 Å². The van der Waals surface area contributed by atoms with Gasteiger partial charge in [-0.3, -0.25) is 19.7 Å². The summed E-state index contributed by atoms with van der Waals surface area (Å²) >= 11 is 5.29. The van der Waals surface area contributed by atoms with Gasteiger partial charge in [-0.1, -0.05) is 12.1 Å². The SMILES string of the molecule is O=C(C=Cc1ccc(F)cc1)NC(=S)N1CCNC(=O)C1CC(=O)OCC1CCCO1. The first-order valence-corrected chi connectivity index (χ1v) is 10.4. The number of benzene rings is 1. The molecule has 2 amide bonds. The first kappa shape index (κ1) is 22.8. The third kappa shape index (κ3) is 6.83. The number of amides is 2. The van der Waals surface area contributed by atoms with Crippen molar-refractivity contribution < 1.29 is 28.2 Å². The topological polar surface area (TPSA) is 97.0 Å². The van der Waals surface area contributed by atoms with Gasteiger partial charge in [0.15, 0.2) is 5.11 Å². The molecule has 0 saturated carbocycles. The molecule has 0 spiro atoms. The Kier molecular flexibility index (Phi) is 8.07. The highest BCUT2D eigenvalue weighted by atomic mass is 32.1. The van der Waals surface area contributed by atoms with E-state index in [9.17, 15) is 18.8 Å². The highest BCUT2D eigenvalue weighted by molar-refractivity contribution is 7.80. The number of rotatable bonds is 6. The van der Waals surface area contributed by atoms with E-state index in [1.165, 1.54) is 41.3 Å². The summed E-state index contributed by atoms with van der Waals surface area (Å²) in [5.74, 6) is -1.77. The number of piperazine rings is 1. The Morgan fingerprint density at radius 1 is 1.35 bits per heavy atom. The summed E-state index contributed by atoms with van der Waals surface area (Å²) in [4.78, 5) is 38.3. The van der Waals surface area contributed by atoms with Gasteiger partial charge in [-0.25, -0.2) is 4.39 Å². The molecule has 2 saturated heterocycles. The van der Waals surface area contributed by atoms with E-state index in [1.54, 1.807) is 0 Å². The van der Waals surface area contributed by atoms with Gasteiger partial charge >= 0.3 is 5.97 Å². The van der Waals surface area contributed by atoms with Gasteiger partial charge in [0.25, 0.3) is 0 Å². The number of nitrogens with one attached hydrogen (secondary N) is 2. The number of halogens is 1. The number of ether oxygens (including phenoxy) is 2. The Hall–Kier alpha value is -2.85. The summed E-state index contributed by atoms with van der Waals surface area (Å²) in [5, 5.41) is 5.27. The van der Waals surface area contributed by atoms with E-state index < -0.39 is 17.9 Å². The highest BCUT2D eigenvalue weighted by Gasteiger charge is 2.34. The molecule has 0 bridgehead atoms. The Labute approximate surface area is 184 Å². The molecule has 1 aromatic carbocycles. The van der Waals surface area contributed by atoms with Gasteiger partial charge in [-0.05, 0) is 48.8 Å². The average Bonchev–Trinajstić information content (AvgIpc) is 3.27. The van der Waals surface area contributed by atoms with E-state index in [0.717, 1.165) is 12.8 Å². The van der Waals surface area contributed by atoms with Gasteiger partial charge in [-0.15, -0.1) is 0 Å². The molecule has 2 atom stereocenters. The van der Waals surface area contributed by atoms with Crippen LogP contribution in [-0.2, 0) is 23.9 Å². The predicted octanol–water partition coefficient (Wildman–Crippen LogP) is 1.15. The number of esters is 1. The number of hydrogen-bond acceptors (Lipinski definition) is 6. The molecule has 0 aliphatic carbocycles. The molecule has 1 aromatic rings. The lowest BCUT2D eigenvalue weighted by Crippen LogP contribution is -2.60. The van der Waals surface area contributed by atoms with Gasteiger partial charge < -0.3 is 19.7 Å². The minimum Gasteiger partial charge on any atom is -0.463 e. The first-order valence-electron chi connectivity index (χ1n) is 10.0. The molecule has 2 fully saturated rings. The molecule has 8 nitrogen and oxygen atoms in total. The fraction of sp³-hybridized carbons (Fsp3) is 0.429. The zero-order valence-corrected chi connectivity index (χ0v) is 17.7. The van der Waals surface area contributed by atoms with Crippen LogP contribution in [0.5, 0.6) is 0 Å². The van der Waals surface area contributed by atoms with Crippen LogP contribution in [0.4, 0.5) is 4.39 Å². The lowest BCUT2D eigenvalue weighted by Gasteiger charge is -2.36. The van der Waals surface area contributed by atoms with E-state index in [4.69, 9.17) is 21.7 Å². The van der Waals surface area contributed by atoms with Crippen LogP contribution >= 0.6 is 12.2 Å². The fourth-order valence-corrected chi connectivity index (χ4v) is 3.62. The summed E-state index contributed by atoms with van der Waals surface area (Å²) < 4.78 is 23.6. The van der Waals surface area contributed by atoms with Gasteiger partial charge in [0.05, 0.1) is 12.5 Å². The maximum atomic E-state index is 13.0. The molecule has 0 radical (unpaired) electrons. The van der Waals surface area contributed by atoms with Crippen LogP contribution in [0.1, 0.15) is 24.8 Å². The van der Waals surface area contributed by atoms with Crippen molar-refractivity contribution >= 4 is 41.2 Å². The molecule has 166 valence electrons. The number of thiocarbonyl (C=S) groups is 1. The number of carbonyl (C=O) groups is 3. The van der Waals surface area contributed by atoms with Crippen LogP contribution in [0.2, 0.25) is 0 Å². The normalized spacial score (nSPS) is 21.1. The minimum absolute atomic E-state index is 0.0422. The van der Waals surface area contributed by atoms with E-state index >= 15 is 0 Å². The number of hydrogen-bond donors (Lipinski definition) is 2. The summed E-state index contributed by atoms with van der Waals surface area (Å²) in [6.45, 7) is 1.49. The van der Waals surface area contributed by atoms with E-state index in [-0.39, 0.29) is 36.0 Å². The van der Waals surface area contributed by atoms with E-state index in [1.807, 2.05) is 0 Å². The Morgan fingerprint density at radius 2 is 2.13 bits per heavy atom. The Balaban J connectivity index is 1.54. The van der Waals surface area contributed by atoms with Crippen LogP contribution < -0.4 is 10.6 Å². The summed E-state index contributed by atoms with van der Waals surface area (Å²) in [6, 6.07) is 4.77.